The van der Waals surface area contributed by atoms with Gasteiger partial charge < -0.3 is 15.5 Å². The molecule has 3 N–H and O–H groups in total. The summed E-state index contributed by atoms with van der Waals surface area (Å²) in [6.45, 7) is 1.65. The summed E-state index contributed by atoms with van der Waals surface area (Å²) in [4.78, 5) is 33.4. The van der Waals surface area contributed by atoms with Crippen LogP contribution in [0.25, 0.3) is 0 Å². The molecule has 20 heavy (non-hydrogen) atoms. The van der Waals surface area contributed by atoms with E-state index < -0.39 is 23.9 Å². The minimum Gasteiger partial charge on any atom is -0.481 e. The Labute approximate surface area is 115 Å². The number of rotatable bonds is 7. The molecule has 8 nitrogen and oxygen atoms in total. The van der Waals surface area contributed by atoms with Crippen molar-refractivity contribution in [3.63, 3.8) is 0 Å². The monoisotopic (exact) mass is 283 g/mol. The van der Waals surface area contributed by atoms with Crippen molar-refractivity contribution in [2.75, 3.05) is 0 Å². The number of aliphatic carboxylic acids is 2. The third-order valence-corrected chi connectivity index (χ3v) is 2.74. The first-order valence-electron chi connectivity index (χ1n) is 6.07. The van der Waals surface area contributed by atoms with E-state index in [1.807, 2.05) is 0 Å². The molecular formula is C12H17N3O5. The van der Waals surface area contributed by atoms with Crippen molar-refractivity contribution in [3.8, 4) is 0 Å². The predicted molar refractivity (Wildman–Crippen MR) is 68.3 cm³/mol. The Morgan fingerprint density at radius 2 is 2.05 bits per heavy atom. The highest BCUT2D eigenvalue weighted by Gasteiger charge is 2.22. The molecule has 1 atom stereocenters. The molecule has 1 amide bonds. The topological polar surface area (TPSA) is 122 Å². The number of aryl methyl sites for hydroxylation is 2. The van der Waals surface area contributed by atoms with Gasteiger partial charge in [0.05, 0.1) is 11.3 Å². The van der Waals surface area contributed by atoms with E-state index in [1.165, 1.54) is 10.9 Å². The predicted octanol–water partition coefficient (Wildman–Crippen LogP) is 0.166. The number of hydrogen-bond acceptors (Lipinski definition) is 4. The summed E-state index contributed by atoms with van der Waals surface area (Å²) < 4.78 is 1.46. The highest BCUT2D eigenvalue weighted by molar-refractivity contribution is 5.97. The van der Waals surface area contributed by atoms with E-state index in [-0.39, 0.29) is 19.3 Å². The first kappa shape index (κ1) is 15.7. The molecule has 0 aliphatic carbocycles. The Morgan fingerprint density at radius 1 is 1.40 bits per heavy atom. The van der Waals surface area contributed by atoms with E-state index in [1.54, 1.807) is 14.0 Å². The van der Waals surface area contributed by atoms with Crippen LogP contribution in [0.15, 0.2) is 6.20 Å². The van der Waals surface area contributed by atoms with Gasteiger partial charge in [0.15, 0.2) is 0 Å². The number of nitrogens with one attached hydrogen (secondary N) is 1. The lowest BCUT2D eigenvalue weighted by molar-refractivity contribution is -0.140. The molecule has 0 bridgehead atoms. The van der Waals surface area contributed by atoms with Crippen LogP contribution >= 0.6 is 0 Å². The molecule has 0 radical (unpaired) electrons. The zero-order valence-corrected chi connectivity index (χ0v) is 11.3. The second-order valence-electron chi connectivity index (χ2n) is 4.45. The summed E-state index contributed by atoms with van der Waals surface area (Å²) in [6.07, 6.45) is 1.61. The van der Waals surface area contributed by atoms with Crippen molar-refractivity contribution in [1.29, 1.82) is 0 Å². The van der Waals surface area contributed by atoms with E-state index in [0.29, 0.717) is 11.3 Å². The Bertz CT molecular complexity index is 523. The molecule has 1 rings (SSSR count). The maximum Gasteiger partial charge on any atom is 0.326 e. The highest BCUT2D eigenvalue weighted by Crippen LogP contribution is 2.07. The van der Waals surface area contributed by atoms with Gasteiger partial charge in [-0.25, -0.2) is 4.79 Å². The second-order valence-corrected chi connectivity index (χ2v) is 4.45. The van der Waals surface area contributed by atoms with Crippen LogP contribution in [0.5, 0.6) is 0 Å². The van der Waals surface area contributed by atoms with Crippen molar-refractivity contribution >= 4 is 17.8 Å². The normalized spacial score (nSPS) is 11.9. The molecule has 1 aromatic heterocycles. The number of aromatic nitrogens is 2. The molecule has 0 aliphatic rings. The molecule has 0 saturated heterocycles. The van der Waals surface area contributed by atoms with Gasteiger partial charge in [-0.05, 0) is 19.8 Å². The highest BCUT2D eigenvalue weighted by atomic mass is 16.4. The van der Waals surface area contributed by atoms with Gasteiger partial charge in [-0.3, -0.25) is 14.3 Å². The van der Waals surface area contributed by atoms with Gasteiger partial charge >= 0.3 is 11.9 Å². The molecule has 110 valence electrons. The SMILES string of the molecule is Cc1nn(C)cc1C(=O)N[C@H](CCCC(=O)O)C(=O)O. The molecule has 0 saturated carbocycles. The molecule has 1 heterocycles. The lowest BCUT2D eigenvalue weighted by Gasteiger charge is -2.13. The third-order valence-electron chi connectivity index (χ3n) is 2.74. The van der Waals surface area contributed by atoms with Crippen LogP contribution in [-0.2, 0) is 16.6 Å². The summed E-state index contributed by atoms with van der Waals surface area (Å²) in [7, 11) is 1.66. The van der Waals surface area contributed by atoms with Crippen molar-refractivity contribution in [1.82, 2.24) is 15.1 Å². The Morgan fingerprint density at radius 3 is 2.50 bits per heavy atom. The van der Waals surface area contributed by atoms with Crippen LogP contribution in [0.2, 0.25) is 0 Å². The van der Waals surface area contributed by atoms with Crippen molar-refractivity contribution in [3.05, 3.63) is 17.5 Å². The smallest absolute Gasteiger partial charge is 0.326 e. The summed E-state index contributed by atoms with van der Waals surface area (Å²) >= 11 is 0. The first-order chi connectivity index (χ1) is 9.31. The molecule has 1 aromatic rings. The maximum absolute atomic E-state index is 11.9. The van der Waals surface area contributed by atoms with Crippen LogP contribution in [0, 0.1) is 6.92 Å². The standard InChI is InChI=1S/C12H17N3O5/c1-7-8(6-15(2)14-7)11(18)13-9(12(19)20)4-3-5-10(16)17/h6,9H,3-5H2,1-2H3,(H,13,18)(H,16,17)(H,19,20)/t9-/m1/s1. The molecule has 8 heteroatoms. The zero-order chi connectivity index (χ0) is 15.3. The minimum atomic E-state index is -1.19. The van der Waals surface area contributed by atoms with Gasteiger partial charge in [-0.1, -0.05) is 0 Å². The largest absolute Gasteiger partial charge is 0.481 e. The van der Waals surface area contributed by atoms with E-state index in [9.17, 15) is 14.4 Å². The molecule has 0 aromatic carbocycles. The molecule has 0 unspecified atom stereocenters. The number of hydrogen-bond donors (Lipinski definition) is 3. The summed E-state index contributed by atoms with van der Waals surface area (Å²) in [6, 6.07) is -1.11. The van der Waals surface area contributed by atoms with Crippen LogP contribution in [0.1, 0.15) is 35.3 Å². The van der Waals surface area contributed by atoms with Gasteiger partial charge in [0, 0.05) is 19.7 Å². The minimum absolute atomic E-state index is 0.0622. The van der Waals surface area contributed by atoms with E-state index in [4.69, 9.17) is 10.2 Å². The van der Waals surface area contributed by atoms with Crippen LogP contribution < -0.4 is 5.32 Å². The number of nitrogens with zero attached hydrogens (tertiary/aromatic N) is 2. The molecule has 0 aliphatic heterocycles. The Balaban J connectivity index is 2.66. The lowest BCUT2D eigenvalue weighted by Crippen LogP contribution is -2.40. The quantitative estimate of drug-likeness (QED) is 0.655. The molecule has 0 spiro atoms. The average molecular weight is 283 g/mol. The first-order valence-corrected chi connectivity index (χ1v) is 6.07. The summed E-state index contributed by atoms with van der Waals surface area (Å²) in [5.41, 5.74) is 0.802. The summed E-state index contributed by atoms with van der Waals surface area (Å²) in [5, 5.41) is 23.9. The van der Waals surface area contributed by atoms with E-state index in [0.717, 1.165) is 0 Å². The number of carboxylic acid groups (broad SMARTS) is 2. The second kappa shape index (κ2) is 6.69. The maximum atomic E-state index is 11.9. The van der Waals surface area contributed by atoms with E-state index >= 15 is 0 Å². The Kier molecular flexibility index (Phi) is 5.24. The fourth-order valence-corrected chi connectivity index (χ4v) is 1.77. The molecule has 0 fully saturated rings. The van der Waals surface area contributed by atoms with Crippen molar-refractivity contribution in [2.24, 2.45) is 7.05 Å². The fraction of sp³-hybridized carbons (Fsp3) is 0.500. The van der Waals surface area contributed by atoms with E-state index in [2.05, 4.69) is 10.4 Å². The van der Waals surface area contributed by atoms with Gasteiger partial charge in [0.2, 0.25) is 0 Å². The van der Waals surface area contributed by atoms with Crippen LogP contribution in [0.4, 0.5) is 0 Å². The number of carbonyl (C=O) groups excluding carboxylic acids is 1. The number of carboxylic acids is 2. The summed E-state index contributed by atoms with van der Waals surface area (Å²) in [5.74, 6) is -2.72. The van der Waals surface area contributed by atoms with Gasteiger partial charge in [0.25, 0.3) is 5.91 Å². The van der Waals surface area contributed by atoms with Gasteiger partial charge in [-0.2, -0.15) is 5.10 Å². The lowest BCUT2D eigenvalue weighted by atomic mass is 10.1. The average Bonchev–Trinajstić information content (AvgIpc) is 2.66. The zero-order valence-electron chi connectivity index (χ0n) is 11.3. The van der Waals surface area contributed by atoms with Crippen molar-refractivity contribution < 1.29 is 24.6 Å². The van der Waals surface area contributed by atoms with Crippen molar-refractivity contribution in [2.45, 2.75) is 32.2 Å². The number of carbonyl (C=O) groups is 3. The van der Waals surface area contributed by atoms with Crippen LogP contribution in [-0.4, -0.2) is 43.9 Å². The van der Waals surface area contributed by atoms with Gasteiger partial charge in [-0.15, -0.1) is 0 Å². The third kappa shape index (κ3) is 4.38. The number of amides is 1. The van der Waals surface area contributed by atoms with Crippen LogP contribution in [0.3, 0.4) is 0 Å². The van der Waals surface area contributed by atoms with Gasteiger partial charge in [0.1, 0.15) is 6.04 Å². The fourth-order valence-electron chi connectivity index (χ4n) is 1.77. The molecular weight excluding hydrogens is 266 g/mol. The Hall–Kier alpha value is -2.38.